The third-order valence-corrected chi connectivity index (χ3v) is 2.94. The Morgan fingerprint density at radius 3 is 2.75 bits per heavy atom. The zero-order valence-electron chi connectivity index (χ0n) is 9.70. The highest BCUT2D eigenvalue weighted by Gasteiger charge is 2.14. The van der Waals surface area contributed by atoms with Crippen molar-refractivity contribution in [1.29, 1.82) is 0 Å². The van der Waals surface area contributed by atoms with E-state index in [1.807, 2.05) is 12.1 Å². The van der Waals surface area contributed by atoms with Gasteiger partial charge in [0.25, 0.3) is 0 Å². The third-order valence-electron chi connectivity index (χ3n) is 2.94. The topological polar surface area (TPSA) is 50.5 Å². The summed E-state index contributed by atoms with van der Waals surface area (Å²) in [5, 5.41) is 3.34. The van der Waals surface area contributed by atoms with Crippen LogP contribution in [0.4, 0.5) is 5.69 Å². The van der Waals surface area contributed by atoms with Crippen LogP contribution in [0.2, 0.25) is 0 Å². The fraction of sp³-hybridized carbons (Fsp3) is 0.500. The van der Waals surface area contributed by atoms with E-state index in [1.54, 1.807) is 7.11 Å². The van der Waals surface area contributed by atoms with E-state index < -0.39 is 0 Å². The lowest BCUT2D eigenvalue weighted by Gasteiger charge is -2.30. The lowest BCUT2D eigenvalue weighted by molar-refractivity contribution is 0.413. The standard InChI is InChI=1S/C12H19N3O/c1-16-12-3-2-10(9-13)8-11(12)15-6-4-14-5-7-15/h2-3,8,14H,4-7,9,13H2,1H3. The molecule has 0 amide bonds. The molecular formula is C12H19N3O. The average molecular weight is 221 g/mol. The monoisotopic (exact) mass is 221 g/mol. The van der Waals surface area contributed by atoms with Crippen LogP contribution in [0.25, 0.3) is 0 Å². The molecular weight excluding hydrogens is 202 g/mol. The molecule has 4 heteroatoms. The quantitative estimate of drug-likeness (QED) is 0.783. The van der Waals surface area contributed by atoms with Gasteiger partial charge < -0.3 is 20.7 Å². The van der Waals surface area contributed by atoms with Gasteiger partial charge in [0, 0.05) is 32.7 Å². The number of rotatable bonds is 3. The number of benzene rings is 1. The Labute approximate surface area is 96.4 Å². The largest absolute Gasteiger partial charge is 0.495 e. The Kier molecular flexibility index (Phi) is 3.64. The maximum Gasteiger partial charge on any atom is 0.142 e. The van der Waals surface area contributed by atoms with Crippen molar-refractivity contribution in [1.82, 2.24) is 5.32 Å². The molecule has 1 saturated heterocycles. The molecule has 0 saturated carbocycles. The fourth-order valence-corrected chi connectivity index (χ4v) is 2.02. The van der Waals surface area contributed by atoms with E-state index in [0.717, 1.165) is 43.2 Å². The van der Waals surface area contributed by atoms with Crippen LogP contribution in [0.15, 0.2) is 18.2 Å². The minimum absolute atomic E-state index is 0.573. The van der Waals surface area contributed by atoms with E-state index in [0.29, 0.717) is 6.54 Å². The summed E-state index contributed by atoms with van der Waals surface area (Å²) in [4.78, 5) is 2.34. The average Bonchev–Trinajstić information content (AvgIpc) is 2.39. The summed E-state index contributed by atoms with van der Waals surface area (Å²) in [6.07, 6.45) is 0. The van der Waals surface area contributed by atoms with Gasteiger partial charge in [-0.05, 0) is 17.7 Å². The van der Waals surface area contributed by atoms with Gasteiger partial charge in [0.1, 0.15) is 5.75 Å². The zero-order chi connectivity index (χ0) is 11.4. The molecule has 3 N–H and O–H groups in total. The molecule has 1 aliphatic rings. The maximum atomic E-state index is 5.67. The van der Waals surface area contributed by atoms with Crippen molar-refractivity contribution in [2.75, 3.05) is 38.2 Å². The molecule has 0 bridgehead atoms. The molecule has 1 heterocycles. The Morgan fingerprint density at radius 1 is 1.38 bits per heavy atom. The van der Waals surface area contributed by atoms with Gasteiger partial charge in [-0.3, -0.25) is 0 Å². The highest BCUT2D eigenvalue weighted by Crippen LogP contribution is 2.29. The number of anilines is 1. The lowest BCUT2D eigenvalue weighted by Crippen LogP contribution is -2.43. The van der Waals surface area contributed by atoms with Gasteiger partial charge >= 0.3 is 0 Å². The second-order valence-electron chi connectivity index (χ2n) is 3.95. The van der Waals surface area contributed by atoms with E-state index in [1.165, 1.54) is 0 Å². The molecule has 0 atom stereocenters. The summed E-state index contributed by atoms with van der Waals surface area (Å²) in [6, 6.07) is 6.15. The van der Waals surface area contributed by atoms with Crippen molar-refractivity contribution < 1.29 is 4.74 Å². The molecule has 0 aromatic heterocycles. The SMILES string of the molecule is COc1ccc(CN)cc1N1CCNCC1. The molecule has 1 aliphatic heterocycles. The van der Waals surface area contributed by atoms with Crippen LogP contribution < -0.4 is 20.7 Å². The number of hydrogen-bond donors (Lipinski definition) is 2. The molecule has 0 unspecified atom stereocenters. The normalized spacial score (nSPS) is 16.2. The summed E-state index contributed by atoms with van der Waals surface area (Å²) in [6.45, 7) is 4.66. The van der Waals surface area contributed by atoms with E-state index in [9.17, 15) is 0 Å². The van der Waals surface area contributed by atoms with Crippen LogP contribution in [0.1, 0.15) is 5.56 Å². The van der Waals surface area contributed by atoms with Crippen LogP contribution in [-0.4, -0.2) is 33.3 Å². The number of hydrogen-bond acceptors (Lipinski definition) is 4. The maximum absolute atomic E-state index is 5.67. The van der Waals surface area contributed by atoms with Gasteiger partial charge in [-0.1, -0.05) is 6.07 Å². The van der Waals surface area contributed by atoms with Crippen molar-refractivity contribution in [3.8, 4) is 5.75 Å². The smallest absolute Gasteiger partial charge is 0.142 e. The van der Waals surface area contributed by atoms with Crippen LogP contribution in [0.5, 0.6) is 5.75 Å². The van der Waals surface area contributed by atoms with Crippen LogP contribution in [-0.2, 0) is 6.54 Å². The highest BCUT2D eigenvalue weighted by atomic mass is 16.5. The number of ether oxygens (including phenoxy) is 1. The predicted octanol–water partition coefficient (Wildman–Crippen LogP) is 0.563. The van der Waals surface area contributed by atoms with Crippen LogP contribution >= 0.6 is 0 Å². The number of nitrogens with one attached hydrogen (secondary N) is 1. The Hall–Kier alpha value is -1.26. The summed E-state index contributed by atoms with van der Waals surface area (Å²) < 4.78 is 5.40. The lowest BCUT2D eigenvalue weighted by atomic mass is 10.1. The number of methoxy groups -OCH3 is 1. The Bertz CT molecular complexity index is 348. The Balaban J connectivity index is 2.27. The Morgan fingerprint density at radius 2 is 2.12 bits per heavy atom. The van der Waals surface area contributed by atoms with Crippen molar-refractivity contribution in [3.63, 3.8) is 0 Å². The van der Waals surface area contributed by atoms with Crippen molar-refractivity contribution in [3.05, 3.63) is 23.8 Å². The van der Waals surface area contributed by atoms with Crippen LogP contribution in [0, 0.1) is 0 Å². The molecule has 1 aromatic rings. The molecule has 2 rings (SSSR count). The first-order chi connectivity index (χ1) is 7.85. The summed E-state index contributed by atoms with van der Waals surface area (Å²) in [5.74, 6) is 0.930. The summed E-state index contributed by atoms with van der Waals surface area (Å²) >= 11 is 0. The molecule has 1 aromatic carbocycles. The fourth-order valence-electron chi connectivity index (χ4n) is 2.02. The number of piperazine rings is 1. The van der Waals surface area contributed by atoms with Crippen molar-refractivity contribution in [2.45, 2.75) is 6.54 Å². The van der Waals surface area contributed by atoms with E-state index in [2.05, 4.69) is 16.3 Å². The second-order valence-corrected chi connectivity index (χ2v) is 3.95. The first kappa shape index (κ1) is 11.2. The van der Waals surface area contributed by atoms with Crippen molar-refractivity contribution >= 4 is 5.69 Å². The van der Waals surface area contributed by atoms with E-state index in [4.69, 9.17) is 10.5 Å². The van der Waals surface area contributed by atoms with Crippen molar-refractivity contribution in [2.24, 2.45) is 5.73 Å². The van der Waals surface area contributed by atoms with Gasteiger partial charge in [0.05, 0.1) is 12.8 Å². The summed E-state index contributed by atoms with van der Waals surface area (Å²) in [7, 11) is 1.71. The van der Waals surface area contributed by atoms with E-state index in [-0.39, 0.29) is 0 Å². The minimum atomic E-state index is 0.573. The predicted molar refractivity (Wildman–Crippen MR) is 66.0 cm³/mol. The molecule has 0 radical (unpaired) electrons. The summed E-state index contributed by atoms with van der Waals surface area (Å²) in [5.41, 5.74) is 7.97. The minimum Gasteiger partial charge on any atom is -0.495 e. The second kappa shape index (κ2) is 5.18. The number of nitrogens with two attached hydrogens (primary N) is 1. The molecule has 0 aliphatic carbocycles. The third kappa shape index (κ3) is 2.28. The van der Waals surface area contributed by atoms with Gasteiger partial charge in [-0.25, -0.2) is 0 Å². The van der Waals surface area contributed by atoms with Gasteiger partial charge in [-0.15, -0.1) is 0 Å². The van der Waals surface area contributed by atoms with E-state index >= 15 is 0 Å². The number of nitrogens with zero attached hydrogens (tertiary/aromatic N) is 1. The molecule has 4 nitrogen and oxygen atoms in total. The van der Waals surface area contributed by atoms with Gasteiger partial charge in [-0.2, -0.15) is 0 Å². The first-order valence-corrected chi connectivity index (χ1v) is 5.68. The molecule has 0 spiro atoms. The van der Waals surface area contributed by atoms with Gasteiger partial charge in [0.2, 0.25) is 0 Å². The first-order valence-electron chi connectivity index (χ1n) is 5.68. The molecule has 16 heavy (non-hydrogen) atoms. The highest BCUT2D eigenvalue weighted by molar-refractivity contribution is 5.60. The zero-order valence-corrected chi connectivity index (χ0v) is 9.70. The van der Waals surface area contributed by atoms with Gasteiger partial charge in [0.15, 0.2) is 0 Å². The molecule has 88 valence electrons. The van der Waals surface area contributed by atoms with Crippen LogP contribution in [0.3, 0.4) is 0 Å². The molecule has 1 fully saturated rings.